The highest BCUT2D eigenvalue weighted by Crippen LogP contribution is 2.21. The second-order valence-electron chi connectivity index (χ2n) is 7.66. The van der Waals surface area contributed by atoms with Gasteiger partial charge in [0.1, 0.15) is 0 Å². The Morgan fingerprint density at radius 2 is 1.52 bits per heavy atom. The number of unbranched alkanes of at least 4 members (excludes halogenated alkanes) is 2. The van der Waals surface area contributed by atoms with Gasteiger partial charge in [-0.15, -0.1) is 0 Å². The monoisotopic (exact) mass is 384 g/mol. The maximum Gasteiger partial charge on any atom is 0.308 e. The van der Waals surface area contributed by atoms with E-state index in [2.05, 4.69) is 0 Å². The molecule has 2 heterocycles. The lowest BCUT2D eigenvalue weighted by Gasteiger charge is -2.21. The van der Waals surface area contributed by atoms with Gasteiger partial charge >= 0.3 is 11.9 Å². The Bertz CT molecular complexity index is 415. The van der Waals surface area contributed by atoms with Crippen LogP contribution in [0.25, 0.3) is 0 Å². The third-order valence-electron chi connectivity index (χ3n) is 5.33. The molecule has 0 bridgehead atoms. The molecule has 2 atom stereocenters. The van der Waals surface area contributed by atoms with Crippen LogP contribution in [0.4, 0.5) is 0 Å². The molecule has 0 aromatic rings. The van der Waals surface area contributed by atoms with Crippen molar-refractivity contribution in [3.05, 3.63) is 0 Å². The zero-order valence-corrected chi connectivity index (χ0v) is 16.6. The van der Waals surface area contributed by atoms with Crippen LogP contribution in [0.1, 0.15) is 70.6 Å². The van der Waals surface area contributed by atoms with Crippen LogP contribution in [0.5, 0.6) is 0 Å². The Hall–Kier alpha value is -1.14. The summed E-state index contributed by atoms with van der Waals surface area (Å²) in [7, 11) is 0. The second-order valence-corrected chi connectivity index (χ2v) is 7.66. The van der Waals surface area contributed by atoms with Gasteiger partial charge in [0.15, 0.2) is 0 Å². The summed E-state index contributed by atoms with van der Waals surface area (Å²) in [6.07, 6.45) is 10.7. The van der Waals surface area contributed by atoms with Crippen LogP contribution in [-0.2, 0) is 28.5 Å². The normalized spacial score (nSPS) is 23.1. The number of rotatable bonds is 14. The smallest absolute Gasteiger partial charge is 0.308 e. The summed E-state index contributed by atoms with van der Waals surface area (Å²) >= 11 is 0. The van der Waals surface area contributed by atoms with Crippen LogP contribution in [-0.4, -0.2) is 51.6 Å². The Morgan fingerprint density at radius 1 is 0.815 bits per heavy atom. The average Bonchev–Trinajstić information content (AvgIpc) is 2.68. The van der Waals surface area contributed by atoms with Gasteiger partial charge in [-0.2, -0.15) is 0 Å². The topological polar surface area (TPSA) is 71.1 Å². The molecule has 0 aromatic carbocycles. The van der Waals surface area contributed by atoms with Gasteiger partial charge in [-0.05, 0) is 57.3 Å². The predicted molar refractivity (Wildman–Crippen MR) is 101 cm³/mol. The summed E-state index contributed by atoms with van der Waals surface area (Å²) in [6, 6.07) is 0. The molecule has 6 nitrogen and oxygen atoms in total. The Labute approximate surface area is 163 Å². The van der Waals surface area contributed by atoms with E-state index in [4.69, 9.17) is 18.9 Å². The van der Waals surface area contributed by atoms with Crippen LogP contribution < -0.4 is 0 Å². The van der Waals surface area contributed by atoms with E-state index in [1.165, 1.54) is 0 Å². The van der Waals surface area contributed by atoms with Gasteiger partial charge in [0, 0.05) is 32.8 Å². The molecule has 0 aromatic heterocycles. The lowest BCUT2D eigenvalue weighted by molar-refractivity contribution is -0.153. The van der Waals surface area contributed by atoms with Crippen molar-refractivity contribution in [2.45, 2.75) is 70.6 Å². The zero-order valence-electron chi connectivity index (χ0n) is 16.6. The quantitative estimate of drug-likeness (QED) is 0.336. The predicted octanol–water partition coefficient (Wildman–Crippen LogP) is 3.66. The third-order valence-corrected chi connectivity index (χ3v) is 5.33. The minimum Gasteiger partial charge on any atom is -0.465 e. The van der Waals surface area contributed by atoms with Crippen molar-refractivity contribution in [1.29, 1.82) is 0 Å². The molecule has 156 valence electrons. The largest absolute Gasteiger partial charge is 0.465 e. The Balaban J connectivity index is 1.27. The summed E-state index contributed by atoms with van der Waals surface area (Å²) in [5.74, 6) is 0.590. The standard InChI is InChI=1S/C21H36O6/c22-20-11-10-18(17-27-20)7-1-3-12-24-14-6-15-25-13-4-2-8-19-9-5-16-26-21(19)23/h18-19H,1-17H2. The number of hydrogen-bond acceptors (Lipinski definition) is 6. The highest BCUT2D eigenvalue weighted by atomic mass is 16.5. The maximum absolute atomic E-state index is 11.5. The van der Waals surface area contributed by atoms with Gasteiger partial charge < -0.3 is 18.9 Å². The first kappa shape index (κ1) is 22.2. The molecule has 6 heteroatoms. The number of esters is 2. The molecule has 0 spiro atoms. The van der Waals surface area contributed by atoms with Gasteiger partial charge in [-0.25, -0.2) is 0 Å². The van der Waals surface area contributed by atoms with Gasteiger partial charge in [-0.3, -0.25) is 9.59 Å². The summed E-state index contributed by atoms with van der Waals surface area (Å²) in [6.45, 7) is 4.23. The van der Waals surface area contributed by atoms with Crippen LogP contribution in [0.3, 0.4) is 0 Å². The molecule has 0 saturated carbocycles. The molecular formula is C21H36O6. The van der Waals surface area contributed by atoms with Crippen LogP contribution in [0.15, 0.2) is 0 Å². The van der Waals surface area contributed by atoms with Crippen molar-refractivity contribution in [1.82, 2.24) is 0 Å². The first-order valence-electron chi connectivity index (χ1n) is 10.7. The number of ether oxygens (including phenoxy) is 4. The van der Waals surface area contributed by atoms with Crippen molar-refractivity contribution >= 4 is 11.9 Å². The lowest BCUT2D eigenvalue weighted by Crippen LogP contribution is -2.23. The minimum absolute atomic E-state index is 0.0125. The third kappa shape index (κ3) is 10.1. The molecule has 0 aliphatic carbocycles. The van der Waals surface area contributed by atoms with Gasteiger partial charge in [-0.1, -0.05) is 12.8 Å². The zero-order chi connectivity index (χ0) is 19.2. The molecule has 0 amide bonds. The van der Waals surface area contributed by atoms with E-state index in [1.54, 1.807) is 0 Å². The first-order chi connectivity index (χ1) is 13.3. The van der Waals surface area contributed by atoms with Crippen LogP contribution in [0.2, 0.25) is 0 Å². The number of hydrogen-bond donors (Lipinski definition) is 0. The number of cyclic esters (lactones) is 2. The van der Waals surface area contributed by atoms with E-state index in [-0.39, 0.29) is 17.9 Å². The van der Waals surface area contributed by atoms with E-state index in [9.17, 15) is 9.59 Å². The fourth-order valence-corrected chi connectivity index (χ4v) is 3.62. The Kier molecular flexibility index (Phi) is 11.4. The van der Waals surface area contributed by atoms with Crippen molar-refractivity contribution in [3.8, 4) is 0 Å². The van der Waals surface area contributed by atoms with E-state index in [1.807, 2.05) is 0 Å². The molecule has 0 N–H and O–H groups in total. The lowest BCUT2D eigenvalue weighted by atomic mass is 9.95. The average molecular weight is 385 g/mol. The maximum atomic E-state index is 11.5. The van der Waals surface area contributed by atoms with Crippen LogP contribution in [0, 0.1) is 11.8 Å². The molecule has 2 fully saturated rings. The molecule has 2 aliphatic rings. The molecule has 0 radical (unpaired) electrons. The number of carbonyl (C=O) groups excluding carboxylic acids is 2. The van der Waals surface area contributed by atoms with E-state index < -0.39 is 0 Å². The number of carbonyl (C=O) groups is 2. The summed E-state index contributed by atoms with van der Waals surface area (Å²) < 4.78 is 21.4. The highest BCUT2D eigenvalue weighted by molar-refractivity contribution is 5.72. The fraction of sp³-hybridized carbons (Fsp3) is 0.905. The van der Waals surface area contributed by atoms with Crippen molar-refractivity contribution < 1.29 is 28.5 Å². The summed E-state index contributed by atoms with van der Waals surface area (Å²) in [5, 5.41) is 0. The molecular weight excluding hydrogens is 348 g/mol. The summed E-state index contributed by atoms with van der Waals surface area (Å²) in [4.78, 5) is 22.5. The Morgan fingerprint density at radius 3 is 2.19 bits per heavy atom. The van der Waals surface area contributed by atoms with Crippen molar-refractivity contribution in [2.24, 2.45) is 11.8 Å². The summed E-state index contributed by atoms with van der Waals surface area (Å²) in [5.41, 5.74) is 0. The van der Waals surface area contributed by atoms with Crippen molar-refractivity contribution in [2.75, 3.05) is 39.6 Å². The van der Waals surface area contributed by atoms with Crippen molar-refractivity contribution in [3.63, 3.8) is 0 Å². The van der Waals surface area contributed by atoms with E-state index in [0.717, 1.165) is 90.6 Å². The first-order valence-corrected chi connectivity index (χ1v) is 10.7. The van der Waals surface area contributed by atoms with Gasteiger partial charge in [0.2, 0.25) is 0 Å². The fourth-order valence-electron chi connectivity index (χ4n) is 3.62. The highest BCUT2D eigenvalue weighted by Gasteiger charge is 2.23. The minimum atomic E-state index is -0.0503. The SMILES string of the molecule is O=C1CCC(CCCCOCCCOCCCCC2CCCOC2=O)CO1. The molecule has 2 rings (SSSR count). The molecule has 2 aliphatic heterocycles. The second kappa shape index (κ2) is 13.9. The van der Waals surface area contributed by atoms with Gasteiger partial charge in [0.05, 0.1) is 19.1 Å². The molecule has 27 heavy (non-hydrogen) atoms. The molecule has 2 unspecified atom stereocenters. The molecule has 2 saturated heterocycles. The van der Waals surface area contributed by atoms with E-state index >= 15 is 0 Å². The van der Waals surface area contributed by atoms with E-state index in [0.29, 0.717) is 25.6 Å². The van der Waals surface area contributed by atoms with Gasteiger partial charge in [0.25, 0.3) is 0 Å². The van der Waals surface area contributed by atoms with Crippen LogP contribution >= 0.6 is 0 Å².